The smallest absolute Gasteiger partial charge is 0.306 e. The van der Waals surface area contributed by atoms with Gasteiger partial charge in [-0.2, -0.15) is 0 Å². The normalized spacial score (nSPS) is 11.1. The molecule has 0 saturated heterocycles. The first-order chi connectivity index (χ1) is 6.99. The SMILES string of the molecule is C=C(C(C)=CCCC(=O)OCC)N(C)C. The van der Waals surface area contributed by atoms with Gasteiger partial charge in [-0.1, -0.05) is 12.7 Å². The van der Waals surface area contributed by atoms with Crippen molar-refractivity contribution in [3.63, 3.8) is 0 Å². The Labute approximate surface area is 92.4 Å². The van der Waals surface area contributed by atoms with Gasteiger partial charge < -0.3 is 9.64 Å². The molecule has 0 rings (SSSR count). The van der Waals surface area contributed by atoms with Crippen LogP contribution >= 0.6 is 0 Å². The average molecular weight is 211 g/mol. The molecule has 0 bridgehead atoms. The van der Waals surface area contributed by atoms with Crippen LogP contribution in [-0.2, 0) is 9.53 Å². The van der Waals surface area contributed by atoms with E-state index in [9.17, 15) is 4.79 Å². The molecule has 86 valence electrons. The van der Waals surface area contributed by atoms with Crippen molar-refractivity contribution in [3.05, 3.63) is 23.9 Å². The predicted molar refractivity (Wildman–Crippen MR) is 62.5 cm³/mol. The Morgan fingerprint density at radius 1 is 1.47 bits per heavy atom. The van der Waals surface area contributed by atoms with Crippen LogP contribution < -0.4 is 0 Å². The molecule has 0 atom stereocenters. The van der Waals surface area contributed by atoms with Crippen LogP contribution in [0.15, 0.2) is 23.9 Å². The van der Waals surface area contributed by atoms with Crippen molar-refractivity contribution < 1.29 is 9.53 Å². The zero-order chi connectivity index (χ0) is 11.8. The van der Waals surface area contributed by atoms with Crippen molar-refractivity contribution in [1.82, 2.24) is 4.90 Å². The van der Waals surface area contributed by atoms with Crippen LogP contribution in [0.25, 0.3) is 0 Å². The van der Waals surface area contributed by atoms with Crippen molar-refractivity contribution in [2.75, 3.05) is 20.7 Å². The van der Waals surface area contributed by atoms with E-state index < -0.39 is 0 Å². The number of likely N-dealkylation sites (N-methyl/N-ethyl adjacent to an activating group) is 1. The minimum atomic E-state index is -0.142. The van der Waals surface area contributed by atoms with Crippen molar-refractivity contribution in [1.29, 1.82) is 0 Å². The summed E-state index contributed by atoms with van der Waals surface area (Å²) in [5, 5.41) is 0. The van der Waals surface area contributed by atoms with E-state index in [2.05, 4.69) is 6.58 Å². The quantitative estimate of drug-likeness (QED) is 0.499. The molecular formula is C12H21NO2. The summed E-state index contributed by atoms with van der Waals surface area (Å²) in [7, 11) is 3.90. The summed E-state index contributed by atoms with van der Waals surface area (Å²) < 4.78 is 4.83. The van der Waals surface area contributed by atoms with Gasteiger partial charge in [0.15, 0.2) is 0 Å². The van der Waals surface area contributed by atoms with Crippen molar-refractivity contribution in [2.45, 2.75) is 26.7 Å². The fourth-order valence-corrected chi connectivity index (χ4v) is 1.11. The maximum absolute atomic E-state index is 11.0. The molecule has 0 aromatic rings. The molecule has 0 spiro atoms. The number of carbonyl (C=O) groups is 1. The van der Waals surface area contributed by atoms with Gasteiger partial charge in [-0.25, -0.2) is 0 Å². The van der Waals surface area contributed by atoms with Crippen molar-refractivity contribution in [2.24, 2.45) is 0 Å². The largest absolute Gasteiger partial charge is 0.466 e. The molecule has 0 aliphatic heterocycles. The van der Waals surface area contributed by atoms with Gasteiger partial charge in [0.1, 0.15) is 0 Å². The number of rotatable bonds is 6. The lowest BCUT2D eigenvalue weighted by Crippen LogP contribution is -2.10. The van der Waals surface area contributed by atoms with Gasteiger partial charge >= 0.3 is 5.97 Å². The Kier molecular flexibility index (Phi) is 6.50. The Hall–Kier alpha value is -1.25. The zero-order valence-electron chi connectivity index (χ0n) is 10.2. The van der Waals surface area contributed by atoms with Gasteiger partial charge in [-0.3, -0.25) is 4.79 Å². The Morgan fingerprint density at radius 2 is 2.07 bits per heavy atom. The lowest BCUT2D eigenvalue weighted by Gasteiger charge is -2.15. The topological polar surface area (TPSA) is 29.5 Å². The van der Waals surface area contributed by atoms with Gasteiger partial charge in [-0.05, 0) is 25.8 Å². The van der Waals surface area contributed by atoms with E-state index in [0.717, 1.165) is 11.3 Å². The number of carbonyl (C=O) groups excluding carboxylic acids is 1. The van der Waals surface area contributed by atoms with E-state index in [0.29, 0.717) is 19.4 Å². The van der Waals surface area contributed by atoms with Crippen LogP contribution in [0.2, 0.25) is 0 Å². The Bertz CT molecular complexity index is 254. The molecule has 3 nitrogen and oxygen atoms in total. The van der Waals surface area contributed by atoms with Crippen molar-refractivity contribution in [3.8, 4) is 0 Å². The first-order valence-electron chi connectivity index (χ1n) is 5.18. The highest BCUT2D eigenvalue weighted by molar-refractivity contribution is 5.69. The number of hydrogen-bond acceptors (Lipinski definition) is 3. The Morgan fingerprint density at radius 3 is 2.53 bits per heavy atom. The third kappa shape index (κ3) is 5.94. The van der Waals surface area contributed by atoms with Crippen LogP contribution in [-0.4, -0.2) is 31.6 Å². The lowest BCUT2D eigenvalue weighted by atomic mass is 10.1. The molecule has 0 aromatic heterocycles. The maximum atomic E-state index is 11.0. The zero-order valence-corrected chi connectivity index (χ0v) is 10.2. The van der Waals surface area contributed by atoms with Gasteiger partial charge in [0, 0.05) is 26.2 Å². The fraction of sp³-hybridized carbons (Fsp3) is 0.583. The highest BCUT2D eigenvalue weighted by Gasteiger charge is 2.01. The molecule has 0 amide bonds. The standard InChI is InChI=1S/C12H21NO2/c1-6-15-12(14)9-7-8-10(2)11(3)13(4)5/h8H,3,6-7,9H2,1-2,4-5H3. The van der Waals surface area contributed by atoms with E-state index in [-0.39, 0.29) is 5.97 Å². The summed E-state index contributed by atoms with van der Waals surface area (Å²) in [6.07, 6.45) is 3.16. The van der Waals surface area contributed by atoms with Crippen LogP contribution in [0.3, 0.4) is 0 Å². The maximum Gasteiger partial charge on any atom is 0.306 e. The van der Waals surface area contributed by atoms with Crippen LogP contribution in [0.1, 0.15) is 26.7 Å². The molecule has 0 saturated carbocycles. The van der Waals surface area contributed by atoms with E-state index in [1.807, 2.05) is 38.9 Å². The summed E-state index contributed by atoms with van der Waals surface area (Å²) in [6, 6.07) is 0. The molecular weight excluding hydrogens is 190 g/mol. The summed E-state index contributed by atoms with van der Waals surface area (Å²) in [5.74, 6) is -0.142. The fourth-order valence-electron chi connectivity index (χ4n) is 1.11. The predicted octanol–water partition coefficient (Wildman–Crippen LogP) is 2.35. The Balaban J connectivity index is 3.96. The molecule has 0 unspecified atom stereocenters. The molecule has 0 heterocycles. The van der Waals surface area contributed by atoms with E-state index in [1.165, 1.54) is 0 Å². The van der Waals surface area contributed by atoms with Gasteiger partial charge in [0.25, 0.3) is 0 Å². The second-order valence-electron chi connectivity index (χ2n) is 3.57. The third-order valence-electron chi connectivity index (χ3n) is 2.10. The van der Waals surface area contributed by atoms with Crippen LogP contribution in [0, 0.1) is 0 Å². The molecule has 3 heteroatoms. The van der Waals surface area contributed by atoms with E-state index in [1.54, 1.807) is 0 Å². The highest BCUT2D eigenvalue weighted by Crippen LogP contribution is 2.10. The lowest BCUT2D eigenvalue weighted by molar-refractivity contribution is -0.142. The first-order valence-corrected chi connectivity index (χ1v) is 5.18. The molecule has 0 aromatic carbocycles. The van der Waals surface area contributed by atoms with Gasteiger partial charge in [-0.15, -0.1) is 0 Å². The number of ether oxygens (including phenoxy) is 1. The van der Waals surface area contributed by atoms with Gasteiger partial charge in [0.2, 0.25) is 0 Å². The summed E-state index contributed by atoms with van der Waals surface area (Å²) in [5.41, 5.74) is 2.07. The number of esters is 1. The third-order valence-corrected chi connectivity index (χ3v) is 2.10. The molecule has 0 aliphatic rings. The summed E-state index contributed by atoms with van der Waals surface area (Å²) in [4.78, 5) is 13.0. The second kappa shape index (κ2) is 7.10. The average Bonchev–Trinajstić information content (AvgIpc) is 2.16. The van der Waals surface area contributed by atoms with E-state index >= 15 is 0 Å². The molecule has 0 fully saturated rings. The van der Waals surface area contributed by atoms with E-state index in [4.69, 9.17) is 4.74 Å². The van der Waals surface area contributed by atoms with Crippen molar-refractivity contribution >= 4 is 5.97 Å². The minimum Gasteiger partial charge on any atom is -0.466 e. The summed E-state index contributed by atoms with van der Waals surface area (Å²) >= 11 is 0. The van der Waals surface area contributed by atoms with Crippen LogP contribution in [0.5, 0.6) is 0 Å². The molecule has 0 N–H and O–H groups in total. The number of allylic oxidation sites excluding steroid dienone is 2. The number of hydrogen-bond donors (Lipinski definition) is 0. The monoisotopic (exact) mass is 211 g/mol. The van der Waals surface area contributed by atoms with Crippen LogP contribution in [0.4, 0.5) is 0 Å². The second-order valence-corrected chi connectivity index (χ2v) is 3.57. The number of nitrogens with zero attached hydrogens (tertiary/aromatic N) is 1. The summed E-state index contributed by atoms with van der Waals surface area (Å²) in [6.45, 7) is 8.19. The first kappa shape index (κ1) is 13.8. The molecule has 0 radical (unpaired) electrons. The molecule has 15 heavy (non-hydrogen) atoms. The molecule has 0 aliphatic carbocycles. The highest BCUT2D eigenvalue weighted by atomic mass is 16.5. The minimum absolute atomic E-state index is 0.142. The van der Waals surface area contributed by atoms with Gasteiger partial charge in [0.05, 0.1) is 6.61 Å².